The van der Waals surface area contributed by atoms with E-state index in [9.17, 15) is 14.7 Å². The third-order valence-corrected chi connectivity index (χ3v) is 7.97. The van der Waals surface area contributed by atoms with Crippen LogP contribution in [0.1, 0.15) is 51.9 Å². The second kappa shape index (κ2) is 5.14. The van der Waals surface area contributed by atoms with E-state index < -0.39 is 34.5 Å². The van der Waals surface area contributed by atoms with Gasteiger partial charge in [0.2, 0.25) is 5.91 Å². The SMILES string of the molecule is C[C@@]12[C@@H](CCCl)C(=O)NC13C(=O)OC32[C@@H](O)C1=CCCC2=C1CCCC2. The van der Waals surface area contributed by atoms with Crippen LogP contribution in [0.5, 0.6) is 0 Å². The molecule has 140 valence electrons. The van der Waals surface area contributed by atoms with Gasteiger partial charge in [0.15, 0.2) is 11.1 Å². The van der Waals surface area contributed by atoms with Gasteiger partial charge < -0.3 is 15.2 Å². The number of hydrogen-bond acceptors (Lipinski definition) is 4. The van der Waals surface area contributed by atoms with Crippen LogP contribution >= 0.6 is 11.6 Å². The van der Waals surface area contributed by atoms with Crippen molar-refractivity contribution in [2.24, 2.45) is 11.3 Å². The summed E-state index contributed by atoms with van der Waals surface area (Å²) in [6.07, 6.45) is 8.07. The fraction of sp³-hybridized carbons (Fsp3) is 0.700. The first-order valence-corrected chi connectivity index (χ1v) is 10.2. The van der Waals surface area contributed by atoms with Crippen LogP contribution in [0.25, 0.3) is 0 Å². The molecule has 26 heavy (non-hydrogen) atoms. The van der Waals surface area contributed by atoms with Gasteiger partial charge in [0.05, 0.1) is 11.3 Å². The number of rotatable bonds is 4. The van der Waals surface area contributed by atoms with Crippen molar-refractivity contribution >= 4 is 23.5 Å². The molecule has 5 atom stereocenters. The van der Waals surface area contributed by atoms with Gasteiger partial charge in [-0.3, -0.25) is 4.79 Å². The number of carbonyl (C=O) groups excluding carboxylic acids is 2. The minimum Gasteiger partial charge on any atom is -0.450 e. The molecule has 1 amide bonds. The van der Waals surface area contributed by atoms with Crippen molar-refractivity contribution in [2.75, 3.05) is 5.88 Å². The maximum Gasteiger partial charge on any atom is 0.337 e. The van der Waals surface area contributed by atoms with Gasteiger partial charge in [0.25, 0.3) is 0 Å². The second-order valence-corrected chi connectivity index (χ2v) is 8.86. The van der Waals surface area contributed by atoms with E-state index in [-0.39, 0.29) is 5.91 Å². The molecule has 5 aliphatic rings. The number of hydrogen-bond donors (Lipinski definition) is 2. The zero-order valence-corrected chi connectivity index (χ0v) is 15.7. The van der Waals surface area contributed by atoms with Gasteiger partial charge in [-0.15, -0.1) is 11.6 Å². The molecule has 2 unspecified atom stereocenters. The Bertz CT molecular complexity index is 789. The average Bonchev–Trinajstić information content (AvgIpc) is 2.87. The lowest BCUT2D eigenvalue weighted by molar-refractivity contribution is -0.192. The van der Waals surface area contributed by atoms with Crippen LogP contribution in [-0.4, -0.2) is 40.1 Å². The lowest BCUT2D eigenvalue weighted by Crippen LogP contribution is -2.64. The summed E-state index contributed by atoms with van der Waals surface area (Å²) in [4.78, 5) is 24.9. The van der Waals surface area contributed by atoms with E-state index in [2.05, 4.69) is 11.4 Å². The van der Waals surface area contributed by atoms with Crippen molar-refractivity contribution in [3.05, 3.63) is 22.8 Å². The monoisotopic (exact) mass is 377 g/mol. The number of fused-ring (bicyclic) bond motifs is 1. The Morgan fingerprint density at radius 3 is 2.85 bits per heavy atom. The summed E-state index contributed by atoms with van der Waals surface area (Å²) in [7, 11) is 0. The summed E-state index contributed by atoms with van der Waals surface area (Å²) in [6, 6.07) is 0. The maximum absolute atomic E-state index is 12.4. The largest absolute Gasteiger partial charge is 0.450 e. The van der Waals surface area contributed by atoms with Crippen LogP contribution in [0.15, 0.2) is 22.8 Å². The predicted octanol–water partition coefficient (Wildman–Crippen LogP) is 2.37. The standard InChI is InChI=1S/C20H24ClNO4/c1-18-14(9-10-21)16(24)22-19(18)17(25)26-20(18,19)15(23)13-8-4-6-11-5-2-3-7-12(11)13/h8,14-15,23H,2-7,9-10H2,1H3,(H,22,24)/t14-,15-,18+,19?,20?/m0/s1. The summed E-state index contributed by atoms with van der Waals surface area (Å²) in [6.45, 7) is 1.90. The molecule has 6 heteroatoms. The highest BCUT2D eigenvalue weighted by Crippen LogP contribution is 2.82. The lowest BCUT2D eigenvalue weighted by Gasteiger charge is -2.41. The van der Waals surface area contributed by atoms with Gasteiger partial charge in [0.1, 0.15) is 6.10 Å². The molecule has 5 rings (SSSR count). The summed E-state index contributed by atoms with van der Waals surface area (Å²) < 4.78 is 5.67. The Morgan fingerprint density at radius 2 is 2.12 bits per heavy atom. The number of amides is 1. The van der Waals surface area contributed by atoms with E-state index in [1.54, 1.807) is 0 Å². The molecule has 1 saturated carbocycles. The number of allylic oxidation sites excluding steroid dienone is 2. The van der Waals surface area contributed by atoms with Crippen molar-refractivity contribution < 1.29 is 19.4 Å². The van der Waals surface area contributed by atoms with Gasteiger partial charge >= 0.3 is 5.97 Å². The summed E-state index contributed by atoms with van der Waals surface area (Å²) in [5, 5.41) is 14.3. The number of aliphatic hydroxyl groups excluding tert-OH is 1. The molecule has 0 aromatic rings. The van der Waals surface area contributed by atoms with E-state index in [0.29, 0.717) is 12.3 Å². The Hall–Kier alpha value is -1.33. The summed E-state index contributed by atoms with van der Waals surface area (Å²) in [5.74, 6) is -0.645. The zero-order valence-electron chi connectivity index (χ0n) is 14.9. The van der Waals surface area contributed by atoms with E-state index in [1.165, 1.54) is 17.6 Å². The zero-order chi connectivity index (χ0) is 18.3. The normalized spacial score (nSPS) is 44.1. The number of piperidine rings is 1. The molecule has 0 radical (unpaired) electrons. The van der Waals surface area contributed by atoms with Crippen molar-refractivity contribution in [1.29, 1.82) is 0 Å². The molecule has 3 fully saturated rings. The average molecular weight is 378 g/mol. The third kappa shape index (κ3) is 1.52. The van der Waals surface area contributed by atoms with Gasteiger partial charge in [-0.05, 0) is 56.1 Å². The number of esters is 1. The molecular formula is C20H24ClNO4. The molecule has 2 aliphatic heterocycles. The van der Waals surface area contributed by atoms with Gasteiger partial charge in [-0.1, -0.05) is 18.6 Å². The van der Waals surface area contributed by atoms with E-state index >= 15 is 0 Å². The van der Waals surface area contributed by atoms with Crippen molar-refractivity contribution in [3.8, 4) is 0 Å². The molecule has 0 aromatic carbocycles. The molecule has 2 saturated heterocycles. The number of nitrogens with one attached hydrogen (secondary N) is 1. The first-order valence-electron chi connectivity index (χ1n) is 9.66. The number of carbonyl (C=O) groups is 2. The molecule has 1 spiro atoms. The molecule has 0 aromatic heterocycles. The molecule has 2 N–H and O–H groups in total. The minimum atomic E-state index is -1.08. The fourth-order valence-corrected chi connectivity index (χ4v) is 6.69. The smallest absolute Gasteiger partial charge is 0.337 e. The summed E-state index contributed by atoms with van der Waals surface area (Å²) >= 11 is 5.92. The van der Waals surface area contributed by atoms with Crippen molar-refractivity contribution in [3.63, 3.8) is 0 Å². The first-order chi connectivity index (χ1) is 12.5. The Labute approximate surface area is 157 Å². The highest BCUT2D eigenvalue weighted by Gasteiger charge is 3.05. The minimum absolute atomic E-state index is 0.150. The van der Waals surface area contributed by atoms with Crippen LogP contribution in [0.3, 0.4) is 0 Å². The Morgan fingerprint density at radius 1 is 1.35 bits per heavy atom. The van der Waals surface area contributed by atoms with Crippen molar-refractivity contribution in [1.82, 2.24) is 5.32 Å². The van der Waals surface area contributed by atoms with Gasteiger partial charge in [-0.25, -0.2) is 4.79 Å². The van der Waals surface area contributed by atoms with Gasteiger partial charge in [-0.2, -0.15) is 0 Å². The molecule has 3 aliphatic carbocycles. The number of alkyl halides is 1. The fourth-order valence-electron chi connectivity index (χ4n) is 6.47. The highest BCUT2D eigenvalue weighted by molar-refractivity contribution is 6.18. The topological polar surface area (TPSA) is 75.6 Å². The van der Waals surface area contributed by atoms with Crippen molar-refractivity contribution in [2.45, 2.75) is 69.1 Å². The molecular weight excluding hydrogens is 354 g/mol. The maximum atomic E-state index is 12.4. The first kappa shape index (κ1) is 16.8. The van der Waals surface area contributed by atoms with Gasteiger partial charge in [0, 0.05) is 5.88 Å². The molecule has 2 heterocycles. The van der Waals surface area contributed by atoms with E-state index in [0.717, 1.165) is 37.7 Å². The quantitative estimate of drug-likeness (QED) is 0.582. The lowest BCUT2D eigenvalue weighted by atomic mass is 9.75. The molecule has 0 bridgehead atoms. The Kier molecular flexibility index (Phi) is 3.32. The number of ether oxygens (including phenoxy) is 1. The number of aliphatic hydroxyl groups is 1. The van der Waals surface area contributed by atoms with Crippen LogP contribution in [-0.2, 0) is 14.3 Å². The van der Waals surface area contributed by atoms with E-state index in [4.69, 9.17) is 16.3 Å². The highest BCUT2D eigenvalue weighted by atomic mass is 35.5. The van der Waals surface area contributed by atoms with Crippen LogP contribution in [0, 0.1) is 11.3 Å². The van der Waals surface area contributed by atoms with Crippen LogP contribution in [0.4, 0.5) is 0 Å². The summed E-state index contributed by atoms with van der Waals surface area (Å²) in [5.41, 5.74) is 0.766. The molecule has 5 nitrogen and oxygen atoms in total. The van der Waals surface area contributed by atoms with E-state index in [1.807, 2.05) is 6.92 Å². The number of halogens is 1. The van der Waals surface area contributed by atoms with Crippen LogP contribution < -0.4 is 5.32 Å². The van der Waals surface area contributed by atoms with Crippen LogP contribution in [0.2, 0.25) is 0 Å². The predicted molar refractivity (Wildman–Crippen MR) is 95.4 cm³/mol. The third-order valence-electron chi connectivity index (χ3n) is 7.75. The Balaban J connectivity index is 1.55. The second-order valence-electron chi connectivity index (χ2n) is 8.49.